The normalized spacial score (nSPS) is 11.3. The number of rotatable bonds is 2. The predicted molar refractivity (Wildman–Crippen MR) is 123 cm³/mol. The van der Waals surface area contributed by atoms with Crippen molar-refractivity contribution in [2.45, 2.75) is 0 Å². The quantitative estimate of drug-likeness (QED) is 0.314. The first-order valence-corrected chi connectivity index (χ1v) is 9.95. The average Bonchev–Trinajstić information content (AvgIpc) is 2.83. The van der Waals surface area contributed by atoms with Crippen LogP contribution in [0.2, 0.25) is 0 Å². The van der Waals surface area contributed by atoms with E-state index in [1.54, 1.807) is 0 Å². The van der Waals surface area contributed by atoms with Gasteiger partial charge in [-0.2, -0.15) is 0 Å². The van der Waals surface area contributed by atoms with Crippen LogP contribution in [-0.4, -0.2) is 15.0 Å². The first kappa shape index (κ1) is 16.8. The number of hydrogen-bond donors (Lipinski definition) is 0. The fourth-order valence-electron chi connectivity index (χ4n) is 4.14. The van der Waals surface area contributed by atoms with E-state index in [1.807, 2.05) is 30.7 Å². The molecule has 0 aliphatic rings. The Balaban J connectivity index is 1.69. The maximum atomic E-state index is 5.05. The molecule has 3 heteroatoms. The van der Waals surface area contributed by atoms with Gasteiger partial charge in [-0.15, -0.1) is 0 Å². The molecule has 3 nitrogen and oxygen atoms in total. The van der Waals surface area contributed by atoms with Crippen LogP contribution < -0.4 is 0 Å². The molecule has 3 aromatic heterocycles. The van der Waals surface area contributed by atoms with Crippen molar-refractivity contribution in [3.05, 3.63) is 104 Å². The molecule has 0 aliphatic carbocycles. The van der Waals surface area contributed by atoms with Gasteiger partial charge >= 0.3 is 0 Å². The summed E-state index contributed by atoms with van der Waals surface area (Å²) in [5.41, 5.74) is 6.23. The lowest BCUT2D eigenvalue weighted by atomic mass is 9.95. The molecule has 0 N–H and O–H groups in total. The Labute approximate surface area is 173 Å². The molecule has 0 spiro atoms. The van der Waals surface area contributed by atoms with Crippen molar-refractivity contribution in [2.75, 3.05) is 0 Å². The first-order chi connectivity index (χ1) is 14.9. The van der Waals surface area contributed by atoms with Gasteiger partial charge in [-0.1, -0.05) is 48.5 Å². The minimum atomic E-state index is 0.947. The van der Waals surface area contributed by atoms with Crippen LogP contribution in [0.15, 0.2) is 104 Å². The third-order valence-corrected chi connectivity index (χ3v) is 5.57. The van der Waals surface area contributed by atoms with E-state index in [2.05, 4.69) is 82.8 Å². The Morgan fingerprint density at radius 1 is 0.600 bits per heavy atom. The van der Waals surface area contributed by atoms with Crippen molar-refractivity contribution in [1.29, 1.82) is 0 Å². The molecule has 0 saturated heterocycles. The lowest BCUT2D eigenvalue weighted by Crippen LogP contribution is -1.92. The summed E-state index contributed by atoms with van der Waals surface area (Å²) >= 11 is 0. The van der Waals surface area contributed by atoms with Gasteiger partial charge in [-0.25, -0.2) is 4.98 Å². The van der Waals surface area contributed by atoms with Gasteiger partial charge in [0, 0.05) is 40.5 Å². The second kappa shape index (κ2) is 6.75. The van der Waals surface area contributed by atoms with Gasteiger partial charge in [0.2, 0.25) is 0 Å². The Morgan fingerprint density at radius 3 is 2.40 bits per heavy atom. The van der Waals surface area contributed by atoms with Gasteiger partial charge in [0.1, 0.15) is 0 Å². The number of nitrogens with zero attached hydrogens (tertiary/aromatic N) is 3. The van der Waals surface area contributed by atoms with Gasteiger partial charge in [0.15, 0.2) is 0 Å². The van der Waals surface area contributed by atoms with Crippen molar-refractivity contribution < 1.29 is 0 Å². The topological polar surface area (TPSA) is 38.7 Å². The van der Waals surface area contributed by atoms with Crippen LogP contribution in [-0.2, 0) is 0 Å². The lowest BCUT2D eigenvalue weighted by molar-refractivity contribution is 1.33. The summed E-state index contributed by atoms with van der Waals surface area (Å²) in [5.74, 6) is 0. The zero-order chi connectivity index (χ0) is 19.9. The lowest BCUT2D eigenvalue weighted by Gasteiger charge is -2.13. The van der Waals surface area contributed by atoms with E-state index in [0.29, 0.717) is 0 Å². The highest BCUT2D eigenvalue weighted by atomic mass is 14.7. The molecule has 140 valence electrons. The van der Waals surface area contributed by atoms with Crippen molar-refractivity contribution in [1.82, 2.24) is 15.0 Å². The molecule has 0 unspecified atom stereocenters. The van der Waals surface area contributed by atoms with Crippen LogP contribution in [0.5, 0.6) is 0 Å². The molecule has 0 atom stereocenters. The molecule has 0 saturated carbocycles. The van der Waals surface area contributed by atoms with Crippen LogP contribution >= 0.6 is 0 Å². The second-order valence-electron chi connectivity index (χ2n) is 7.39. The SMILES string of the molecule is c1cncc(-c2cc(-c3ccc4ncccc4c3)nc3ccc4ccccc4c23)c1. The highest BCUT2D eigenvalue weighted by molar-refractivity contribution is 6.13. The second-order valence-corrected chi connectivity index (χ2v) is 7.39. The van der Waals surface area contributed by atoms with Crippen molar-refractivity contribution in [2.24, 2.45) is 0 Å². The van der Waals surface area contributed by atoms with Crippen LogP contribution in [0.3, 0.4) is 0 Å². The zero-order valence-corrected chi connectivity index (χ0v) is 16.2. The fraction of sp³-hybridized carbons (Fsp3) is 0. The van der Waals surface area contributed by atoms with E-state index >= 15 is 0 Å². The molecular weight excluding hydrogens is 366 g/mol. The largest absolute Gasteiger partial charge is 0.264 e. The number of fused-ring (bicyclic) bond motifs is 4. The van der Waals surface area contributed by atoms with Crippen molar-refractivity contribution >= 4 is 32.6 Å². The maximum Gasteiger partial charge on any atom is 0.0722 e. The smallest absolute Gasteiger partial charge is 0.0722 e. The standard InChI is InChI=1S/C27H17N3/c1-2-8-22-18(5-1)9-12-25-27(22)23(21-7-3-13-28-17-21)16-26(30-25)20-10-11-24-19(15-20)6-4-14-29-24/h1-17H. The van der Waals surface area contributed by atoms with Gasteiger partial charge in [-0.05, 0) is 52.7 Å². The Bertz CT molecular complexity index is 1540. The van der Waals surface area contributed by atoms with E-state index < -0.39 is 0 Å². The summed E-state index contributed by atoms with van der Waals surface area (Å²) in [7, 11) is 0. The minimum absolute atomic E-state index is 0.947. The number of aromatic nitrogens is 3. The molecule has 0 radical (unpaired) electrons. The van der Waals surface area contributed by atoms with Gasteiger partial charge < -0.3 is 0 Å². The summed E-state index contributed by atoms with van der Waals surface area (Å²) in [4.78, 5) is 13.8. The molecule has 6 rings (SSSR count). The first-order valence-electron chi connectivity index (χ1n) is 9.95. The van der Waals surface area contributed by atoms with Crippen LogP contribution in [0, 0.1) is 0 Å². The Kier molecular flexibility index (Phi) is 3.78. The van der Waals surface area contributed by atoms with E-state index in [1.165, 1.54) is 10.8 Å². The Morgan fingerprint density at radius 2 is 1.47 bits per heavy atom. The van der Waals surface area contributed by atoms with Gasteiger partial charge in [0.05, 0.1) is 16.7 Å². The van der Waals surface area contributed by atoms with Gasteiger partial charge in [0.25, 0.3) is 0 Å². The fourth-order valence-corrected chi connectivity index (χ4v) is 4.14. The van der Waals surface area contributed by atoms with Gasteiger partial charge in [-0.3, -0.25) is 9.97 Å². The molecule has 6 aromatic rings. The number of hydrogen-bond acceptors (Lipinski definition) is 3. The summed E-state index contributed by atoms with van der Waals surface area (Å²) in [6, 6.07) is 29.4. The van der Waals surface area contributed by atoms with E-state index in [-0.39, 0.29) is 0 Å². The van der Waals surface area contributed by atoms with Crippen molar-refractivity contribution in [3.63, 3.8) is 0 Å². The minimum Gasteiger partial charge on any atom is -0.264 e. The number of benzene rings is 3. The predicted octanol–water partition coefficient (Wildman–Crippen LogP) is 6.67. The third kappa shape index (κ3) is 2.72. The summed E-state index contributed by atoms with van der Waals surface area (Å²) in [6.07, 6.45) is 5.55. The van der Waals surface area contributed by atoms with E-state index in [0.717, 1.165) is 44.2 Å². The Hall–Kier alpha value is -4.11. The number of pyridine rings is 3. The summed E-state index contributed by atoms with van der Waals surface area (Å²) in [6.45, 7) is 0. The molecule has 30 heavy (non-hydrogen) atoms. The average molecular weight is 383 g/mol. The van der Waals surface area contributed by atoms with E-state index in [9.17, 15) is 0 Å². The molecule has 3 aromatic carbocycles. The monoisotopic (exact) mass is 383 g/mol. The molecular formula is C27H17N3. The van der Waals surface area contributed by atoms with Crippen LogP contribution in [0.25, 0.3) is 55.0 Å². The molecule has 0 bridgehead atoms. The highest BCUT2D eigenvalue weighted by Crippen LogP contribution is 2.36. The molecule has 0 fully saturated rings. The molecule has 0 amide bonds. The summed E-state index contributed by atoms with van der Waals surface area (Å²) < 4.78 is 0. The molecule has 3 heterocycles. The van der Waals surface area contributed by atoms with Crippen molar-refractivity contribution in [3.8, 4) is 22.4 Å². The van der Waals surface area contributed by atoms with Crippen LogP contribution in [0.1, 0.15) is 0 Å². The maximum absolute atomic E-state index is 5.05. The molecule has 0 aliphatic heterocycles. The van der Waals surface area contributed by atoms with E-state index in [4.69, 9.17) is 4.98 Å². The zero-order valence-electron chi connectivity index (χ0n) is 16.2. The summed E-state index contributed by atoms with van der Waals surface area (Å²) in [5, 5.41) is 4.68. The van der Waals surface area contributed by atoms with Crippen LogP contribution in [0.4, 0.5) is 0 Å². The highest BCUT2D eigenvalue weighted by Gasteiger charge is 2.13. The third-order valence-electron chi connectivity index (χ3n) is 5.57.